The first-order valence-corrected chi connectivity index (χ1v) is 10.8. The van der Waals surface area contributed by atoms with Crippen molar-refractivity contribution in [1.29, 1.82) is 0 Å². The minimum Gasteiger partial charge on any atom is -0.306 e. The Kier molecular flexibility index (Phi) is 5.05. The van der Waals surface area contributed by atoms with Crippen molar-refractivity contribution in [3.63, 3.8) is 0 Å². The van der Waals surface area contributed by atoms with Gasteiger partial charge in [0.1, 0.15) is 12.1 Å². The summed E-state index contributed by atoms with van der Waals surface area (Å²) in [5.74, 6) is -0.0454. The fraction of sp³-hybridized carbons (Fsp3) is 0.130. The van der Waals surface area contributed by atoms with Crippen LogP contribution in [0.2, 0.25) is 0 Å². The summed E-state index contributed by atoms with van der Waals surface area (Å²) in [6.07, 6.45) is 3.80. The van der Waals surface area contributed by atoms with Crippen LogP contribution in [0.5, 0.6) is 0 Å². The monoisotopic (exact) mass is 428 g/mol. The van der Waals surface area contributed by atoms with Gasteiger partial charge in [-0.3, -0.25) is 9.48 Å². The molecule has 0 aliphatic heterocycles. The lowest BCUT2D eigenvalue weighted by molar-refractivity contribution is -0.119. The number of nitrogens with zero attached hydrogens (tertiary/aromatic N) is 6. The van der Waals surface area contributed by atoms with Gasteiger partial charge in [0, 0.05) is 24.5 Å². The average Bonchev–Trinajstić information content (AvgIpc) is 3.54. The summed E-state index contributed by atoms with van der Waals surface area (Å²) in [7, 11) is 1.90. The summed E-state index contributed by atoms with van der Waals surface area (Å²) < 4.78 is 3.43. The van der Waals surface area contributed by atoms with Crippen molar-refractivity contribution in [3.8, 4) is 11.1 Å². The van der Waals surface area contributed by atoms with Gasteiger partial charge in [-0.2, -0.15) is 16.4 Å². The highest BCUT2D eigenvalue weighted by Gasteiger charge is 2.19. The first-order valence-electron chi connectivity index (χ1n) is 9.86. The minimum absolute atomic E-state index is 0.0454. The maximum atomic E-state index is 13.4. The van der Waals surface area contributed by atoms with Crippen molar-refractivity contribution in [3.05, 3.63) is 83.3 Å². The van der Waals surface area contributed by atoms with Crippen LogP contribution in [0.25, 0.3) is 22.2 Å². The van der Waals surface area contributed by atoms with Crippen LogP contribution >= 0.6 is 11.3 Å². The number of hydrogen-bond acceptors (Lipinski definition) is 5. The lowest BCUT2D eigenvalue weighted by Crippen LogP contribution is -2.33. The molecule has 0 aliphatic rings. The molecule has 0 aliphatic carbocycles. The molecule has 31 heavy (non-hydrogen) atoms. The molecular weight excluding hydrogens is 408 g/mol. The largest absolute Gasteiger partial charge is 0.306 e. The van der Waals surface area contributed by atoms with Gasteiger partial charge in [-0.05, 0) is 52.2 Å². The maximum absolute atomic E-state index is 13.4. The highest BCUT2D eigenvalue weighted by molar-refractivity contribution is 7.07. The van der Waals surface area contributed by atoms with Crippen molar-refractivity contribution >= 4 is 34.0 Å². The van der Waals surface area contributed by atoms with E-state index in [9.17, 15) is 4.79 Å². The number of hydrogen-bond donors (Lipinski definition) is 0. The van der Waals surface area contributed by atoms with Gasteiger partial charge in [-0.25, -0.2) is 4.68 Å². The summed E-state index contributed by atoms with van der Waals surface area (Å²) in [6.45, 7) is 0.621. The van der Waals surface area contributed by atoms with Crippen LogP contribution in [0.15, 0.2) is 77.8 Å². The Morgan fingerprint density at radius 2 is 1.90 bits per heavy atom. The molecule has 0 fully saturated rings. The van der Waals surface area contributed by atoms with E-state index in [1.165, 1.54) is 0 Å². The summed E-state index contributed by atoms with van der Waals surface area (Å²) >= 11 is 1.62. The zero-order valence-electron chi connectivity index (χ0n) is 16.9. The molecule has 8 heteroatoms. The quantitative estimate of drug-likeness (QED) is 0.408. The fourth-order valence-corrected chi connectivity index (χ4v) is 4.20. The van der Waals surface area contributed by atoms with Gasteiger partial charge in [-0.15, -0.1) is 5.10 Å². The van der Waals surface area contributed by atoms with E-state index in [0.29, 0.717) is 6.54 Å². The molecule has 0 saturated carbocycles. The molecule has 2 aromatic carbocycles. The Labute approximate surface area is 183 Å². The molecule has 154 valence electrons. The maximum Gasteiger partial charge on any atom is 0.249 e. The molecule has 0 N–H and O–H groups in total. The normalized spacial score (nSPS) is 11.1. The zero-order valence-corrected chi connectivity index (χ0v) is 17.7. The van der Waals surface area contributed by atoms with E-state index in [0.717, 1.165) is 33.4 Å². The van der Waals surface area contributed by atoms with E-state index in [1.807, 2.05) is 79.4 Å². The standard InChI is InChI=1S/C23H20N6OS/c1-27-14-19(12-24-27)18-6-8-20(9-7-18)28(13-17-10-11-31-16-17)23(30)15-29-22-5-3-2-4-21(22)25-26-29/h2-12,14,16H,13,15H2,1H3. The number of fused-ring (bicyclic) bond motifs is 1. The smallest absolute Gasteiger partial charge is 0.249 e. The molecule has 0 radical (unpaired) electrons. The second kappa shape index (κ2) is 8.16. The lowest BCUT2D eigenvalue weighted by atomic mass is 10.1. The van der Waals surface area contributed by atoms with E-state index in [1.54, 1.807) is 25.6 Å². The number of amides is 1. The third kappa shape index (κ3) is 3.97. The Morgan fingerprint density at radius 3 is 2.65 bits per heavy atom. The van der Waals surface area contributed by atoms with Gasteiger partial charge in [0.2, 0.25) is 5.91 Å². The molecule has 0 saturated heterocycles. The first kappa shape index (κ1) is 19.2. The van der Waals surface area contributed by atoms with Crippen molar-refractivity contribution in [1.82, 2.24) is 24.8 Å². The zero-order chi connectivity index (χ0) is 21.2. The molecule has 5 aromatic rings. The molecule has 3 heterocycles. The number of anilines is 1. The summed E-state index contributed by atoms with van der Waals surface area (Å²) in [6, 6.07) is 17.7. The Balaban J connectivity index is 1.44. The molecule has 5 rings (SSSR count). The number of thiophene rings is 1. The molecule has 7 nitrogen and oxygen atoms in total. The van der Waals surface area contributed by atoms with Gasteiger partial charge in [0.25, 0.3) is 0 Å². The molecule has 0 spiro atoms. The van der Waals surface area contributed by atoms with Crippen molar-refractivity contribution in [2.75, 3.05) is 4.90 Å². The number of aryl methyl sites for hydroxylation is 1. The van der Waals surface area contributed by atoms with Crippen LogP contribution in [0.3, 0.4) is 0 Å². The van der Waals surface area contributed by atoms with Gasteiger partial charge in [0.15, 0.2) is 0 Å². The van der Waals surface area contributed by atoms with Crippen LogP contribution < -0.4 is 4.90 Å². The number of para-hydroxylation sites is 1. The molecular formula is C23H20N6OS. The van der Waals surface area contributed by atoms with Gasteiger partial charge in [0.05, 0.1) is 18.3 Å². The third-order valence-corrected chi connectivity index (χ3v) is 5.88. The average molecular weight is 429 g/mol. The predicted octanol–water partition coefficient (Wildman–Crippen LogP) is 4.13. The lowest BCUT2D eigenvalue weighted by Gasteiger charge is -2.23. The molecule has 1 amide bonds. The van der Waals surface area contributed by atoms with Crippen LogP contribution in [0, 0.1) is 0 Å². The number of carbonyl (C=O) groups is 1. The first-order chi connectivity index (χ1) is 15.2. The van der Waals surface area contributed by atoms with Crippen molar-refractivity contribution < 1.29 is 4.79 Å². The molecule has 0 atom stereocenters. The Bertz CT molecular complexity index is 1320. The molecule has 0 bridgehead atoms. The fourth-order valence-electron chi connectivity index (χ4n) is 3.54. The van der Waals surface area contributed by atoms with Crippen molar-refractivity contribution in [2.45, 2.75) is 13.1 Å². The van der Waals surface area contributed by atoms with Crippen LogP contribution in [-0.4, -0.2) is 30.7 Å². The van der Waals surface area contributed by atoms with Gasteiger partial charge in [-0.1, -0.05) is 29.5 Å². The van der Waals surface area contributed by atoms with E-state index in [-0.39, 0.29) is 12.5 Å². The topological polar surface area (TPSA) is 68.8 Å². The van der Waals surface area contributed by atoms with Gasteiger partial charge < -0.3 is 4.90 Å². The Hall–Kier alpha value is -3.78. The summed E-state index contributed by atoms with van der Waals surface area (Å²) in [5.41, 5.74) is 5.66. The van der Waals surface area contributed by atoms with Crippen molar-refractivity contribution in [2.24, 2.45) is 7.05 Å². The number of aromatic nitrogens is 5. The second-order valence-corrected chi connectivity index (χ2v) is 8.08. The number of rotatable bonds is 6. The summed E-state index contributed by atoms with van der Waals surface area (Å²) in [4.78, 5) is 15.2. The predicted molar refractivity (Wildman–Crippen MR) is 122 cm³/mol. The SMILES string of the molecule is Cn1cc(-c2ccc(N(Cc3ccsc3)C(=O)Cn3nnc4ccccc43)cc2)cn1. The Morgan fingerprint density at radius 1 is 1.06 bits per heavy atom. The second-order valence-electron chi connectivity index (χ2n) is 7.30. The van der Waals surface area contributed by atoms with Gasteiger partial charge >= 0.3 is 0 Å². The molecule has 3 aromatic heterocycles. The van der Waals surface area contributed by atoms with E-state index >= 15 is 0 Å². The van der Waals surface area contributed by atoms with E-state index in [4.69, 9.17) is 0 Å². The van der Waals surface area contributed by atoms with Crippen LogP contribution in [0.4, 0.5) is 5.69 Å². The van der Waals surface area contributed by atoms with E-state index in [2.05, 4.69) is 20.8 Å². The third-order valence-electron chi connectivity index (χ3n) is 5.14. The van der Waals surface area contributed by atoms with Crippen LogP contribution in [-0.2, 0) is 24.9 Å². The number of benzene rings is 2. The van der Waals surface area contributed by atoms with Crippen LogP contribution in [0.1, 0.15) is 5.56 Å². The highest BCUT2D eigenvalue weighted by atomic mass is 32.1. The van der Waals surface area contributed by atoms with E-state index < -0.39 is 0 Å². The molecule has 0 unspecified atom stereocenters. The number of carbonyl (C=O) groups excluding carboxylic acids is 1. The summed E-state index contributed by atoms with van der Waals surface area (Å²) in [5, 5.41) is 16.7. The minimum atomic E-state index is -0.0454. The highest BCUT2D eigenvalue weighted by Crippen LogP contribution is 2.25.